The van der Waals surface area contributed by atoms with Gasteiger partial charge in [-0.25, -0.2) is 0 Å². The number of hydrogen-bond acceptors (Lipinski definition) is 5. The molecular weight excluding hydrogens is 501 g/mol. The van der Waals surface area contributed by atoms with Crippen molar-refractivity contribution in [1.82, 2.24) is 0 Å². The fraction of sp³-hybridized carbons (Fsp3) is 0.214. The highest BCUT2D eigenvalue weighted by molar-refractivity contribution is 6.52. The molecule has 0 bridgehead atoms. The number of Topliss-reactive ketones (excluding diaryl/α,β-unsaturated/α-hetero) is 1. The molecule has 3 aromatic carbocycles. The summed E-state index contributed by atoms with van der Waals surface area (Å²) in [5.41, 5.74) is 2.25. The smallest absolute Gasteiger partial charge is 0.300 e. The second kappa shape index (κ2) is 10.2. The summed E-state index contributed by atoms with van der Waals surface area (Å²) in [5, 5.41) is 11.6. The molecule has 0 aromatic heterocycles. The monoisotopic (exact) mass is 525 g/mol. The molecule has 1 atom stereocenters. The van der Waals surface area contributed by atoms with Gasteiger partial charge in [-0.05, 0) is 35.2 Å². The maximum atomic E-state index is 13.4. The number of ketones is 1. The van der Waals surface area contributed by atoms with Crippen molar-refractivity contribution in [1.29, 1.82) is 0 Å². The summed E-state index contributed by atoms with van der Waals surface area (Å²) in [7, 11) is 2.77. The third-order valence-electron chi connectivity index (χ3n) is 6.19. The molecule has 1 N–H and O–H groups in total. The SMILES string of the molecule is COc1c(Cl)cc(/C(O)=C2\C(=O)C(=O)N(c3ccc(C(C)C)cc3)C2c2ccccc2)c(OC)c1Cl. The number of aliphatic hydroxyl groups excluding tert-OH is 1. The molecule has 0 radical (unpaired) electrons. The van der Waals surface area contributed by atoms with Gasteiger partial charge in [0.25, 0.3) is 11.7 Å². The average molecular weight is 526 g/mol. The molecule has 0 saturated carbocycles. The third kappa shape index (κ3) is 4.31. The van der Waals surface area contributed by atoms with E-state index < -0.39 is 23.5 Å². The number of anilines is 1. The van der Waals surface area contributed by atoms with Gasteiger partial charge in [0.05, 0.1) is 36.4 Å². The first-order chi connectivity index (χ1) is 17.2. The molecule has 0 spiro atoms. The maximum absolute atomic E-state index is 13.4. The van der Waals surface area contributed by atoms with Crippen molar-refractivity contribution in [3.8, 4) is 11.5 Å². The minimum absolute atomic E-state index is 0.0313. The zero-order chi connectivity index (χ0) is 26.1. The number of rotatable bonds is 6. The Morgan fingerprint density at radius 2 is 1.56 bits per heavy atom. The lowest BCUT2D eigenvalue weighted by Gasteiger charge is -2.26. The molecule has 1 fully saturated rings. The van der Waals surface area contributed by atoms with Crippen molar-refractivity contribution >= 4 is 46.3 Å². The standard InChI is InChI=1S/C28H25Cl2NO5/c1-15(2)16-10-12-18(13-11-16)31-23(17-8-6-5-7-9-17)21(25(33)28(31)34)24(32)19-14-20(29)27(36-4)22(30)26(19)35-3/h5-15,23,32H,1-4H3/b24-21+. The number of nitrogens with zero attached hydrogens (tertiary/aromatic N) is 1. The van der Waals surface area contributed by atoms with E-state index in [4.69, 9.17) is 32.7 Å². The summed E-state index contributed by atoms with van der Waals surface area (Å²) < 4.78 is 10.7. The summed E-state index contributed by atoms with van der Waals surface area (Å²) in [6.07, 6.45) is 0. The topological polar surface area (TPSA) is 76.1 Å². The molecule has 1 heterocycles. The zero-order valence-electron chi connectivity index (χ0n) is 20.2. The van der Waals surface area contributed by atoms with Crippen LogP contribution in [0.5, 0.6) is 11.5 Å². The first-order valence-electron chi connectivity index (χ1n) is 11.3. The molecule has 1 saturated heterocycles. The quantitative estimate of drug-likeness (QED) is 0.218. The van der Waals surface area contributed by atoms with Gasteiger partial charge in [0.15, 0.2) is 11.5 Å². The molecule has 3 aromatic rings. The lowest BCUT2D eigenvalue weighted by molar-refractivity contribution is -0.132. The molecule has 36 heavy (non-hydrogen) atoms. The van der Waals surface area contributed by atoms with E-state index in [0.717, 1.165) is 5.56 Å². The minimum atomic E-state index is -0.888. The molecule has 1 unspecified atom stereocenters. The number of carbonyl (C=O) groups is 2. The van der Waals surface area contributed by atoms with Crippen molar-refractivity contribution in [3.63, 3.8) is 0 Å². The van der Waals surface area contributed by atoms with E-state index >= 15 is 0 Å². The predicted molar refractivity (Wildman–Crippen MR) is 141 cm³/mol. The Bertz CT molecular complexity index is 1350. The highest BCUT2D eigenvalue weighted by atomic mass is 35.5. The highest BCUT2D eigenvalue weighted by Crippen LogP contribution is 2.48. The van der Waals surface area contributed by atoms with E-state index in [1.807, 2.05) is 18.2 Å². The van der Waals surface area contributed by atoms with Crippen molar-refractivity contribution in [2.75, 3.05) is 19.1 Å². The first-order valence-corrected chi connectivity index (χ1v) is 12.0. The normalized spacial score (nSPS) is 17.1. The number of ether oxygens (including phenoxy) is 2. The lowest BCUT2D eigenvalue weighted by atomic mass is 9.94. The molecule has 1 aliphatic rings. The van der Waals surface area contributed by atoms with Gasteiger partial charge in [0, 0.05) is 5.69 Å². The summed E-state index contributed by atoms with van der Waals surface area (Å²) in [6, 6.07) is 17.0. The molecule has 0 aliphatic carbocycles. The summed E-state index contributed by atoms with van der Waals surface area (Å²) in [6.45, 7) is 4.15. The van der Waals surface area contributed by atoms with Crippen molar-refractivity contribution in [3.05, 3.63) is 93.0 Å². The molecule has 8 heteroatoms. The molecule has 186 valence electrons. The summed E-state index contributed by atoms with van der Waals surface area (Å²) in [4.78, 5) is 28.2. The van der Waals surface area contributed by atoms with Gasteiger partial charge in [-0.2, -0.15) is 0 Å². The molecule has 1 amide bonds. The Hall–Kier alpha value is -3.48. The predicted octanol–water partition coefficient (Wildman–Crippen LogP) is 6.76. The number of methoxy groups -OCH3 is 2. The van der Waals surface area contributed by atoms with Gasteiger partial charge in [-0.3, -0.25) is 14.5 Å². The molecule has 1 aliphatic heterocycles. The van der Waals surface area contributed by atoms with Crippen LogP contribution < -0.4 is 14.4 Å². The van der Waals surface area contributed by atoms with Crippen molar-refractivity contribution in [2.45, 2.75) is 25.8 Å². The number of aliphatic hydroxyl groups is 1. The van der Waals surface area contributed by atoms with Crippen LogP contribution in [-0.4, -0.2) is 31.0 Å². The summed E-state index contributed by atoms with van der Waals surface area (Å²) >= 11 is 12.8. The maximum Gasteiger partial charge on any atom is 0.300 e. The first kappa shape index (κ1) is 25.6. The third-order valence-corrected chi connectivity index (χ3v) is 6.82. The second-order valence-corrected chi connectivity index (χ2v) is 9.40. The van der Waals surface area contributed by atoms with Crippen LogP contribution in [-0.2, 0) is 9.59 Å². The fourth-order valence-corrected chi connectivity index (χ4v) is 5.05. The van der Waals surface area contributed by atoms with Gasteiger partial charge < -0.3 is 14.6 Å². The van der Waals surface area contributed by atoms with Crippen molar-refractivity contribution in [2.24, 2.45) is 0 Å². The Kier molecular flexibility index (Phi) is 7.29. The fourth-order valence-electron chi connectivity index (χ4n) is 4.36. The van der Waals surface area contributed by atoms with Crippen molar-refractivity contribution < 1.29 is 24.2 Å². The largest absolute Gasteiger partial charge is 0.507 e. The van der Waals surface area contributed by atoms with Crippen LogP contribution in [0.15, 0.2) is 66.2 Å². The van der Waals surface area contributed by atoms with Crippen LogP contribution in [0.1, 0.15) is 42.5 Å². The average Bonchev–Trinajstić information content (AvgIpc) is 3.14. The van der Waals surface area contributed by atoms with Gasteiger partial charge in [-0.15, -0.1) is 0 Å². The Morgan fingerprint density at radius 1 is 0.944 bits per heavy atom. The van der Waals surface area contributed by atoms with E-state index in [-0.39, 0.29) is 32.7 Å². The van der Waals surface area contributed by atoms with Gasteiger partial charge >= 0.3 is 0 Å². The Balaban J connectivity index is 1.97. The minimum Gasteiger partial charge on any atom is -0.507 e. The summed E-state index contributed by atoms with van der Waals surface area (Å²) in [5.74, 6) is -1.51. The van der Waals surface area contributed by atoms with Gasteiger partial charge in [0.1, 0.15) is 10.8 Å². The van der Waals surface area contributed by atoms with Crippen LogP contribution in [0.4, 0.5) is 5.69 Å². The van der Waals surface area contributed by atoms with E-state index in [2.05, 4.69) is 13.8 Å². The molecule has 4 rings (SSSR count). The number of halogens is 2. The molecule has 6 nitrogen and oxygen atoms in total. The van der Waals surface area contributed by atoms with Crippen LogP contribution in [0.25, 0.3) is 5.76 Å². The van der Waals surface area contributed by atoms with Crippen LogP contribution in [0.3, 0.4) is 0 Å². The van der Waals surface area contributed by atoms with Crippen LogP contribution in [0, 0.1) is 0 Å². The van der Waals surface area contributed by atoms with E-state index in [0.29, 0.717) is 17.2 Å². The second-order valence-electron chi connectivity index (χ2n) is 8.61. The van der Waals surface area contributed by atoms with Gasteiger partial charge in [0.2, 0.25) is 0 Å². The Morgan fingerprint density at radius 3 is 2.11 bits per heavy atom. The van der Waals surface area contributed by atoms with E-state index in [1.165, 1.54) is 25.2 Å². The van der Waals surface area contributed by atoms with Crippen LogP contribution >= 0.6 is 23.2 Å². The number of benzene rings is 3. The number of hydrogen-bond donors (Lipinski definition) is 1. The lowest BCUT2D eigenvalue weighted by Crippen LogP contribution is -2.29. The van der Waals surface area contributed by atoms with E-state index in [9.17, 15) is 14.7 Å². The Labute approximate surface area is 219 Å². The van der Waals surface area contributed by atoms with Gasteiger partial charge in [-0.1, -0.05) is 79.5 Å². The highest BCUT2D eigenvalue weighted by Gasteiger charge is 2.47. The zero-order valence-corrected chi connectivity index (χ0v) is 21.7. The number of amides is 1. The number of carbonyl (C=O) groups excluding carboxylic acids is 2. The molecular formula is C28H25Cl2NO5. The van der Waals surface area contributed by atoms with Crippen LogP contribution in [0.2, 0.25) is 10.0 Å². The van der Waals surface area contributed by atoms with E-state index in [1.54, 1.807) is 36.4 Å².